The minimum Gasteiger partial charge on any atom is -0.481 e. The Balaban J connectivity index is 2.27. The van der Waals surface area contributed by atoms with Crippen molar-refractivity contribution in [1.82, 2.24) is 5.32 Å². The Morgan fingerprint density at radius 2 is 2.21 bits per heavy atom. The van der Waals surface area contributed by atoms with Crippen LogP contribution in [0.2, 0.25) is 0 Å². The molecule has 0 spiro atoms. The number of aliphatic carboxylic acids is 1. The molecule has 0 aromatic rings. The molecule has 1 fully saturated rings. The summed E-state index contributed by atoms with van der Waals surface area (Å²) < 4.78 is 4.85. The lowest BCUT2D eigenvalue weighted by atomic mass is 10.2. The van der Waals surface area contributed by atoms with Crippen LogP contribution in [0.25, 0.3) is 0 Å². The Kier molecular flexibility index (Phi) is 3.46. The molecule has 1 amide bonds. The molecule has 0 heterocycles. The second kappa shape index (κ2) is 4.41. The molecule has 5 heteroatoms. The molecule has 3 atom stereocenters. The van der Waals surface area contributed by atoms with E-state index in [0.29, 0.717) is 13.0 Å². The van der Waals surface area contributed by atoms with Crippen molar-refractivity contribution < 1.29 is 19.4 Å². The van der Waals surface area contributed by atoms with Gasteiger partial charge in [0.2, 0.25) is 5.91 Å². The van der Waals surface area contributed by atoms with Crippen LogP contribution in [0.15, 0.2) is 0 Å². The third-order valence-corrected chi connectivity index (χ3v) is 2.25. The van der Waals surface area contributed by atoms with Gasteiger partial charge in [-0.3, -0.25) is 9.59 Å². The molecule has 0 bridgehead atoms. The number of carboxylic acids is 1. The summed E-state index contributed by atoms with van der Waals surface area (Å²) in [5.41, 5.74) is 0. The smallest absolute Gasteiger partial charge is 0.307 e. The van der Waals surface area contributed by atoms with Gasteiger partial charge in [-0.25, -0.2) is 0 Å². The quantitative estimate of drug-likeness (QED) is 0.649. The Bertz CT molecular complexity index is 241. The van der Waals surface area contributed by atoms with Crippen LogP contribution in [0.5, 0.6) is 0 Å². The molecule has 3 unspecified atom stereocenters. The second-order valence-corrected chi connectivity index (χ2v) is 3.65. The van der Waals surface area contributed by atoms with Crippen molar-refractivity contribution in [1.29, 1.82) is 0 Å². The molecular formula is C9H15NO4. The Morgan fingerprint density at radius 3 is 2.64 bits per heavy atom. The fourth-order valence-corrected chi connectivity index (χ4v) is 1.40. The number of nitrogens with one attached hydrogen (secondary N) is 1. The predicted octanol–water partition coefficient (Wildman–Crippen LogP) is -0.142. The molecule has 0 aromatic heterocycles. The Morgan fingerprint density at radius 1 is 1.57 bits per heavy atom. The van der Waals surface area contributed by atoms with Gasteiger partial charge < -0.3 is 15.2 Å². The molecule has 0 aliphatic heterocycles. The fourth-order valence-electron chi connectivity index (χ4n) is 1.40. The van der Waals surface area contributed by atoms with Crippen molar-refractivity contribution in [3.63, 3.8) is 0 Å². The van der Waals surface area contributed by atoms with Crippen LogP contribution in [-0.2, 0) is 14.3 Å². The third-order valence-electron chi connectivity index (χ3n) is 2.25. The first kappa shape index (κ1) is 11.0. The minimum atomic E-state index is -0.885. The highest BCUT2D eigenvalue weighted by Crippen LogP contribution is 2.38. The Labute approximate surface area is 82.4 Å². The molecule has 1 aliphatic carbocycles. The molecule has 1 saturated carbocycles. The van der Waals surface area contributed by atoms with Crippen LogP contribution < -0.4 is 5.32 Å². The standard InChI is InChI=1S/C9H15NO4/c1-5(4-14-2)10-8(11)6-3-7(6)9(12)13/h5-7H,3-4H2,1-2H3,(H,10,11)(H,12,13). The summed E-state index contributed by atoms with van der Waals surface area (Å²) in [6, 6.07) is -0.0671. The van der Waals surface area contributed by atoms with Gasteiger partial charge in [0.05, 0.1) is 18.4 Å². The normalized spacial score (nSPS) is 26.7. The van der Waals surface area contributed by atoms with Crippen molar-refractivity contribution in [2.24, 2.45) is 11.8 Å². The molecule has 5 nitrogen and oxygen atoms in total. The Hall–Kier alpha value is -1.10. The number of ether oxygens (including phenoxy) is 1. The van der Waals surface area contributed by atoms with Crippen LogP contribution >= 0.6 is 0 Å². The zero-order valence-corrected chi connectivity index (χ0v) is 8.32. The second-order valence-electron chi connectivity index (χ2n) is 3.65. The predicted molar refractivity (Wildman–Crippen MR) is 48.7 cm³/mol. The maximum atomic E-state index is 11.4. The lowest BCUT2D eigenvalue weighted by molar-refractivity contribution is -0.140. The van der Waals surface area contributed by atoms with Crippen LogP contribution in [-0.4, -0.2) is 36.7 Å². The summed E-state index contributed by atoms with van der Waals surface area (Å²) in [7, 11) is 1.56. The van der Waals surface area contributed by atoms with Crippen LogP contribution in [0.4, 0.5) is 0 Å². The summed E-state index contributed by atoms with van der Waals surface area (Å²) in [6.45, 7) is 2.26. The average molecular weight is 201 g/mol. The van der Waals surface area contributed by atoms with Gasteiger partial charge in [-0.15, -0.1) is 0 Å². The van der Waals surface area contributed by atoms with E-state index in [-0.39, 0.29) is 17.9 Å². The van der Waals surface area contributed by atoms with E-state index < -0.39 is 11.9 Å². The lowest BCUT2D eigenvalue weighted by Gasteiger charge is -2.11. The molecule has 14 heavy (non-hydrogen) atoms. The molecule has 0 radical (unpaired) electrons. The van der Waals surface area contributed by atoms with Crippen molar-refractivity contribution in [3.8, 4) is 0 Å². The van der Waals surface area contributed by atoms with E-state index in [0.717, 1.165) is 0 Å². The highest BCUT2D eigenvalue weighted by molar-refractivity contribution is 5.89. The number of amides is 1. The van der Waals surface area contributed by atoms with Gasteiger partial charge in [-0.05, 0) is 13.3 Å². The number of methoxy groups -OCH3 is 1. The third kappa shape index (κ3) is 2.70. The monoisotopic (exact) mass is 201 g/mol. The van der Waals surface area contributed by atoms with Gasteiger partial charge in [-0.2, -0.15) is 0 Å². The first-order chi connectivity index (χ1) is 6.56. The lowest BCUT2D eigenvalue weighted by Crippen LogP contribution is -2.37. The topological polar surface area (TPSA) is 75.6 Å². The zero-order valence-electron chi connectivity index (χ0n) is 8.32. The first-order valence-corrected chi connectivity index (χ1v) is 4.58. The first-order valence-electron chi connectivity index (χ1n) is 4.58. The van der Waals surface area contributed by atoms with Crippen molar-refractivity contribution in [3.05, 3.63) is 0 Å². The van der Waals surface area contributed by atoms with Gasteiger partial charge in [0.1, 0.15) is 0 Å². The van der Waals surface area contributed by atoms with Crippen molar-refractivity contribution >= 4 is 11.9 Å². The molecule has 2 N–H and O–H groups in total. The van der Waals surface area contributed by atoms with E-state index in [9.17, 15) is 9.59 Å². The summed E-state index contributed by atoms with van der Waals surface area (Å²) >= 11 is 0. The number of carboxylic acid groups (broad SMARTS) is 1. The molecule has 1 rings (SSSR count). The van der Waals surface area contributed by atoms with Gasteiger partial charge >= 0.3 is 5.97 Å². The van der Waals surface area contributed by atoms with Gasteiger partial charge in [0.25, 0.3) is 0 Å². The fraction of sp³-hybridized carbons (Fsp3) is 0.778. The number of hydrogen-bond donors (Lipinski definition) is 2. The average Bonchev–Trinajstić information content (AvgIpc) is 2.82. The largest absolute Gasteiger partial charge is 0.481 e. The van der Waals surface area contributed by atoms with E-state index in [2.05, 4.69) is 5.32 Å². The van der Waals surface area contributed by atoms with Crippen LogP contribution in [0.3, 0.4) is 0 Å². The van der Waals surface area contributed by atoms with E-state index >= 15 is 0 Å². The maximum Gasteiger partial charge on any atom is 0.307 e. The molecule has 0 saturated heterocycles. The van der Waals surface area contributed by atoms with E-state index in [1.165, 1.54) is 0 Å². The van der Waals surface area contributed by atoms with Crippen LogP contribution in [0.1, 0.15) is 13.3 Å². The summed E-state index contributed by atoms with van der Waals surface area (Å²) in [4.78, 5) is 21.9. The summed E-state index contributed by atoms with van der Waals surface area (Å²) in [5, 5.41) is 11.3. The van der Waals surface area contributed by atoms with Crippen molar-refractivity contribution in [2.45, 2.75) is 19.4 Å². The van der Waals surface area contributed by atoms with Gasteiger partial charge in [0, 0.05) is 13.2 Å². The van der Waals surface area contributed by atoms with E-state index in [4.69, 9.17) is 9.84 Å². The maximum absolute atomic E-state index is 11.4. The molecular weight excluding hydrogens is 186 g/mol. The summed E-state index contributed by atoms with van der Waals surface area (Å²) in [6.07, 6.45) is 0.459. The number of carbonyl (C=O) groups is 2. The van der Waals surface area contributed by atoms with E-state index in [1.54, 1.807) is 7.11 Å². The number of rotatable bonds is 5. The van der Waals surface area contributed by atoms with Gasteiger partial charge in [-0.1, -0.05) is 0 Å². The molecule has 80 valence electrons. The van der Waals surface area contributed by atoms with Crippen LogP contribution in [0, 0.1) is 11.8 Å². The highest BCUT2D eigenvalue weighted by atomic mass is 16.5. The van der Waals surface area contributed by atoms with E-state index in [1.807, 2.05) is 6.92 Å². The minimum absolute atomic E-state index is 0.0671. The number of carbonyl (C=O) groups excluding carboxylic acids is 1. The summed E-state index contributed by atoms with van der Waals surface area (Å²) in [5.74, 6) is -1.89. The van der Waals surface area contributed by atoms with Crippen molar-refractivity contribution in [2.75, 3.05) is 13.7 Å². The highest BCUT2D eigenvalue weighted by Gasteiger charge is 2.48. The zero-order chi connectivity index (χ0) is 10.7. The SMILES string of the molecule is COCC(C)NC(=O)C1CC1C(=O)O. The molecule has 1 aliphatic rings. The number of hydrogen-bond acceptors (Lipinski definition) is 3. The van der Waals surface area contributed by atoms with Gasteiger partial charge in [0.15, 0.2) is 0 Å². The molecule has 0 aromatic carbocycles.